The van der Waals surface area contributed by atoms with Crippen LogP contribution in [0.3, 0.4) is 0 Å². The molecular weight excluding hydrogens is 300 g/mol. The van der Waals surface area contributed by atoms with Gasteiger partial charge in [0, 0.05) is 37.8 Å². The summed E-state index contributed by atoms with van der Waals surface area (Å²) in [6.07, 6.45) is 2.84. The van der Waals surface area contributed by atoms with Crippen LogP contribution < -0.4 is 0 Å². The number of nitrogens with zero attached hydrogens (tertiary/aromatic N) is 2. The average molecular weight is 332 g/mol. The van der Waals surface area contributed by atoms with E-state index in [1.807, 2.05) is 11.9 Å². The van der Waals surface area contributed by atoms with Crippen LogP contribution in [0.25, 0.3) is 0 Å². The van der Waals surface area contributed by atoms with E-state index in [4.69, 9.17) is 0 Å². The van der Waals surface area contributed by atoms with Crippen molar-refractivity contribution >= 4 is 11.8 Å². The topological polar surface area (TPSA) is 40.6 Å². The van der Waals surface area contributed by atoms with Crippen LogP contribution in [0.1, 0.15) is 67.7 Å². The number of benzene rings is 1. The van der Waals surface area contributed by atoms with Gasteiger partial charge in [-0.25, -0.2) is 0 Å². The zero-order valence-electron chi connectivity index (χ0n) is 15.8. The maximum absolute atomic E-state index is 12.7. The van der Waals surface area contributed by atoms with Crippen molar-refractivity contribution in [3.63, 3.8) is 0 Å². The molecule has 1 aromatic carbocycles. The first kappa shape index (κ1) is 20.2. The Morgan fingerprint density at radius 1 is 0.958 bits per heavy atom. The molecule has 4 heteroatoms. The van der Waals surface area contributed by atoms with Crippen LogP contribution in [-0.2, 0) is 0 Å². The van der Waals surface area contributed by atoms with Crippen molar-refractivity contribution in [2.75, 3.05) is 26.7 Å². The summed E-state index contributed by atoms with van der Waals surface area (Å²) in [6.45, 7) is 10.7. The van der Waals surface area contributed by atoms with Gasteiger partial charge in [0.15, 0.2) is 0 Å². The third-order valence-electron chi connectivity index (χ3n) is 4.02. The van der Waals surface area contributed by atoms with Gasteiger partial charge in [-0.2, -0.15) is 0 Å². The van der Waals surface area contributed by atoms with Crippen molar-refractivity contribution in [1.82, 2.24) is 9.80 Å². The molecule has 0 aliphatic carbocycles. The van der Waals surface area contributed by atoms with E-state index in [0.29, 0.717) is 17.0 Å². The molecule has 0 saturated carbocycles. The fraction of sp³-hybridized carbons (Fsp3) is 0.600. The lowest BCUT2D eigenvalue weighted by Gasteiger charge is -2.22. The second-order valence-corrected chi connectivity index (χ2v) is 6.78. The van der Waals surface area contributed by atoms with Gasteiger partial charge in [0.05, 0.1) is 0 Å². The lowest BCUT2D eigenvalue weighted by atomic mass is 10.1. The Hall–Kier alpha value is -1.84. The number of rotatable bonds is 9. The van der Waals surface area contributed by atoms with Crippen LogP contribution >= 0.6 is 0 Å². The summed E-state index contributed by atoms with van der Waals surface area (Å²) >= 11 is 0. The number of hydrogen-bond acceptors (Lipinski definition) is 2. The van der Waals surface area contributed by atoms with Gasteiger partial charge in [0.1, 0.15) is 0 Å². The first-order valence-corrected chi connectivity index (χ1v) is 9.05. The van der Waals surface area contributed by atoms with E-state index in [1.165, 1.54) is 0 Å². The first-order chi connectivity index (χ1) is 11.4. The predicted molar refractivity (Wildman–Crippen MR) is 99.3 cm³/mol. The van der Waals surface area contributed by atoms with Crippen LogP contribution in [0.15, 0.2) is 24.3 Å². The highest BCUT2D eigenvalue weighted by molar-refractivity contribution is 5.99. The third kappa shape index (κ3) is 5.99. The Morgan fingerprint density at radius 2 is 1.50 bits per heavy atom. The van der Waals surface area contributed by atoms with E-state index >= 15 is 0 Å². The summed E-state index contributed by atoms with van der Waals surface area (Å²) in [5, 5.41) is 0. The summed E-state index contributed by atoms with van der Waals surface area (Å²) in [4.78, 5) is 28.8. The van der Waals surface area contributed by atoms with Gasteiger partial charge >= 0.3 is 0 Å². The quantitative estimate of drug-likeness (QED) is 0.684. The van der Waals surface area contributed by atoms with Gasteiger partial charge in [0.2, 0.25) is 0 Å². The number of carbonyl (C=O) groups is 2. The normalized spacial score (nSPS) is 10.8. The minimum absolute atomic E-state index is 0.0122. The average Bonchev–Trinajstić information content (AvgIpc) is 2.58. The minimum atomic E-state index is -0.0252. The van der Waals surface area contributed by atoms with Gasteiger partial charge in [0.25, 0.3) is 11.8 Å². The molecule has 0 N–H and O–H groups in total. The molecule has 4 nitrogen and oxygen atoms in total. The first-order valence-electron chi connectivity index (χ1n) is 9.05. The second-order valence-electron chi connectivity index (χ2n) is 6.78. The fourth-order valence-corrected chi connectivity index (χ4v) is 2.60. The lowest BCUT2D eigenvalue weighted by Crippen LogP contribution is -2.33. The standard InChI is InChI=1S/C20H32N2O2/c1-6-12-22(13-7-2)20(24)18-10-8-9-17(15-18)19(23)21(5)14-11-16(3)4/h8-10,15-16H,6-7,11-14H2,1-5H3. The Labute approximate surface area is 146 Å². The van der Waals surface area contributed by atoms with E-state index in [9.17, 15) is 9.59 Å². The molecule has 0 atom stereocenters. The van der Waals surface area contributed by atoms with E-state index in [1.54, 1.807) is 29.2 Å². The van der Waals surface area contributed by atoms with Crippen molar-refractivity contribution in [1.29, 1.82) is 0 Å². The van der Waals surface area contributed by atoms with Crippen LogP contribution in [0, 0.1) is 5.92 Å². The largest absolute Gasteiger partial charge is 0.342 e. The summed E-state index contributed by atoms with van der Waals surface area (Å²) in [5.41, 5.74) is 1.18. The molecule has 0 aliphatic heterocycles. The molecule has 0 heterocycles. The zero-order chi connectivity index (χ0) is 18.1. The van der Waals surface area contributed by atoms with Crippen molar-refractivity contribution in [3.05, 3.63) is 35.4 Å². The molecule has 0 aromatic heterocycles. The molecule has 0 fully saturated rings. The lowest BCUT2D eigenvalue weighted by molar-refractivity contribution is 0.0755. The van der Waals surface area contributed by atoms with Crippen molar-refractivity contribution < 1.29 is 9.59 Å². The number of hydrogen-bond donors (Lipinski definition) is 0. The summed E-state index contributed by atoms with van der Waals surface area (Å²) in [6, 6.07) is 7.11. The fourth-order valence-electron chi connectivity index (χ4n) is 2.60. The Balaban J connectivity index is 2.88. The molecule has 0 aliphatic rings. The Morgan fingerprint density at radius 3 is 2.00 bits per heavy atom. The van der Waals surface area contributed by atoms with Gasteiger partial charge < -0.3 is 9.80 Å². The highest BCUT2D eigenvalue weighted by Gasteiger charge is 2.17. The van der Waals surface area contributed by atoms with Crippen molar-refractivity contribution in [2.45, 2.75) is 47.0 Å². The molecule has 0 bridgehead atoms. The van der Waals surface area contributed by atoms with E-state index in [-0.39, 0.29) is 11.8 Å². The summed E-state index contributed by atoms with van der Waals surface area (Å²) < 4.78 is 0. The van der Waals surface area contributed by atoms with Crippen LogP contribution in [0.2, 0.25) is 0 Å². The molecule has 1 aromatic rings. The molecule has 1 rings (SSSR count). The number of amides is 2. The van der Waals surface area contributed by atoms with E-state index in [2.05, 4.69) is 27.7 Å². The molecule has 0 saturated heterocycles. The van der Waals surface area contributed by atoms with Crippen LogP contribution in [-0.4, -0.2) is 48.3 Å². The van der Waals surface area contributed by atoms with Gasteiger partial charge in [-0.15, -0.1) is 0 Å². The van der Waals surface area contributed by atoms with Gasteiger partial charge in [-0.3, -0.25) is 9.59 Å². The predicted octanol–water partition coefficient (Wildman–Crippen LogP) is 4.07. The Bertz CT molecular complexity index is 534. The molecular formula is C20H32N2O2. The van der Waals surface area contributed by atoms with Gasteiger partial charge in [-0.1, -0.05) is 33.8 Å². The second kappa shape index (κ2) is 10.1. The van der Waals surface area contributed by atoms with E-state index < -0.39 is 0 Å². The highest BCUT2D eigenvalue weighted by atomic mass is 16.2. The molecule has 24 heavy (non-hydrogen) atoms. The summed E-state index contributed by atoms with van der Waals surface area (Å²) in [5.74, 6) is 0.547. The minimum Gasteiger partial charge on any atom is -0.342 e. The monoisotopic (exact) mass is 332 g/mol. The van der Waals surface area contributed by atoms with Crippen LogP contribution in [0.5, 0.6) is 0 Å². The smallest absolute Gasteiger partial charge is 0.253 e. The zero-order valence-corrected chi connectivity index (χ0v) is 15.8. The SMILES string of the molecule is CCCN(CCC)C(=O)c1cccc(C(=O)N(C)CCC(C)C)c1. The maximum Gasteiger partial charge on any atom is 0.253 e. The highest BCUT2D eigenvalue weighted by Crippen LogP contribution is 2.12. The maximum atomic E-state index is 12.7. The van der Waals surface area contributed by atoms with E-state index in [0.717, 1.165) is 38.9 Å². The van der Waals surface area contributed by atoms with Gasteiger partial charge in [-0.05, 0) is 43.4 Å². The van der Waals surface area contributed by atoms with Crippen molar-refractivity contribution in [3.8, 4) is 0 Å². The molecule has 2 amide bonds. The Kier molecular flexibility index (Phi) is 8.51. The molecule has 134 valence electrons. The molecule has 0 spiro atoms. The molecule has 0 unspecified atom stereocenters. The summed E-state index contributed by atoms with van der Waals surface area (Å²) in [7, 11) is 1.82. The number of carbonyl (C=O) groups excluding carboxylic acids is 2. The van der Waals surface area contributed by atoms with Crippen LogP contribution in [0.4, 0.5) is 0 Å². The third-order valence-corrected chi connectivity index (χ3v) is 4.02. The van der Waals surface area contributed by atoms with Crippen molar-refractivity contribution in [2.24, 2.45) is 5.92 Å². The molecule has 0 radical (unpaired) electrons.